The zero-order chi connectivity index (χ0) is 23.1. The number of hydrogen-bond donors (Lipinski definition) is 2. The highest BCUT2D eigenvalue weighted by atomic mass is 35.5. The van der Waals surface area contributed by atoms with Crippen molar-refractivity contribution in [3.63, 3.8) is 0 Å². The predicted molar refractivity (Wildman–Crippen MR) is 123 cm³/mol. The first-order valence-electron chi connectivity index (χ1n) is 11.0. The Kier molecular flexibility index (Phi) is 8.94. The molecule has 7 heteroatoms. The van der Waals surface area contributed by atoms with Gasteiger partial charge in [-0.1, -0.05) is 29.8 Å². The molecule has 4 rings (SSSR count). The third-order valence-corrected chi connectivity index (χ3v) is 6.15. The van der Waals surface area contributed by atoms with Crippen LogP contribution in [0.15, 0.2) is 42.5 Å². The number of phenols is 1. The van der Waals surface area contributed by atoms with Gasteiger partial charge in [-0.3, -0.25) is 0 Å². The quantitative estimate of drug-likeness (QED) is 0.652. The van der Waals surface area contributed by atoms with E-state index >= 15 is 0 Å². The van der Waals surface area contributed by atoms with E-state index in [9.17, 15) is 10.2 Å². The van der Waals surface area contributed by atoms with Gasteiger partial charge in [0.25, 0.3) is 0 Å². The highest BCUT2D eigenvalue weighted by molar-refractivity contribution is 6.31. The highest BCUT2D eigenvalue weighted by Gasteiger charge is 2.42. The highest BCUT2D eigenvalue weighted by Crippen LogP contribution is 2.41. The molecule has 4 atom stereocenters. The van der Waals surface area contributed by atoms with Gasteiger partial charge in [0.05, 0.1) is 12.2 Å². The molecule has 2 N–H and O–H groups in total. The van der Waals surface area contributed by atoms with E-state index in [1.165, 1.54) is 12.8 Å². The molecule has 2 aliphatic heterocycles. The number of rotatable bonds is 5. The molecule has 2 aliphatic rings. The molecule has 0 spiro atoms. The largest absolute Gasteiger partial charge is 0.508 e. The van der Waals surface area contributed by atoms with Crippen molar-refractivity contribution >= 4 is 11.6 Å². The van der Waals surface area contributed by atoms with Crippen molar-refractivity contribution in [3.8, 4) is 5.75 Å². The van der Waals surface area contributed by atoms with Crippen LogP contribution in [0.4, 0.5) is 0 Å². The Morgan fingerprint density at radius 2 is 1.78 bits per heavy atom. The van der Waals surface area contributed by atoms with Crippen molar-refractivity contribution < 1.29 is 29.2 Å². The monoisotopic (exact) mass is 464 g/mol. The Morgan fingerprint density at radius 3 is 2.31 bits per heavy atom. The molecule has 2 fully saturated rings. The maximum atomic E-state index is 10.3. The number of hydrogen-bond acceptors (Lipinski definition) is 6. The van der Waals surface area contributed by atoms with Crippen LogP contribution in [-0.2, 0) is 24.7 Å². The molecule has 6 nitrogen and oxygen atoms in total. The second-order valence-electron chi connectivity index (χ2n) is 8.24. The summed E-state index contributed by atoms with van der Waals surface area (Å²) in [7, 11) is 3.18. The molecule has 0 radical (unpaired) electrons. The van der Waals surface area contributed by atoms with Crippen LogP contribution in [0.25, 0.3) is 0 Å². The van der Waals surface area contributed by atoms with Gasteiger partial charge in [0, 0.05) is 50.0 Å². The Labute approximate surface area is 195 Å². The zero-order valence-electron chi connectivity index (χ0n) is 18.9. The third kappa shape index (κ3) is 6.01. The molecule has 0 aliphatic carbocycles. The summed E-state index contributed by atoms with van der Waals surface area (Å²) in [5.41, 5.74) is 2.39. The summed E-state index contributed by atoms with van der Waals surface area (Å²) >= 11 is 6.48. The number of methoxy groups -OCH3 is 2. The van der Waals surface area contributed by atoms with Crippen molar-refractivity contribution in [2.24, 2.45) is 0 Å². The van der Waals surface area contributed by atoms with Crippen LogP contribution in [0.1, 0.15) is 55.4 Å². The van der Waals surface area contributed by atoms with Crippen LogP contribution >= 0.6 is 11.6 Å². The molecule has 4 unspecified atom stereocenters. The predicted octanol–water partition coefficient (Wildman–Crippen LogP) is 4.94. The van der Waals surface area contributed by atoms with Gasteiger partial charge in [0.15, 0.2) is 5.79 Å². The van der Waals surface area contributed by atoms with E-state index < -0.39 is 18.0 Å². The molecule has 2 aromatic rings. The number of benzene rings is 2. The van der Waals surface area contributed by atoms with Gasteiger partial charge in [-0.15, -0.1) is 0 Å². The molecule has 32 heavy (non-hydrogen) atoms. The third-order valence-electron chi connectivity index (χ3n) is 5.81. The van der Waals surface area contributed by atoms with Crippen LogP contribution in [-0.4, -0.2) is 49.9 Å². The van der Waals surface area contributed by atoms with E-state index in [1.54, 1.807) is 44.6 Å². The van der Waals surface area contributed by atoms with E-state index in [0.717, 1.165) is 29.9 Å². The summed E-state index contributed by atoms with van der Waals surface area (Å²) in [6.07, 6.45) is 2.40. The smallest absolute Gasteiger partial charge is 0.197 e. The molecule has 2 aromatic carbocycles. The summed E-state index contributed by atoms with van der Waals surface area (Å²) in [5.74, 6) is -0.853. The summed E-state index contributed by atoms with van der Waals surface area (Å²) < 4.78 is 22.5. The minimum Gasteiger partial charge on any atom is -0.508 e. The Hall–Kier alpha value is -1.67. The number of aliphatic hydroxyl groups excluding tert-OH is 1. The average Bonchev–Trinajstić information content (AvgIpc) is 3.36. The lowest BCUT2D eigenvalue weighted by molar-refractivity contribution is -0.291. The normalized spacial score (nSPS) is 26.3. The van der Waals surface area contributed by atoms with Gasteiger partial charge in [-0.2, -0.15) is 0 Å². The first-order valence-corrected chi connectivity index (χ1v) is 11.4. The van der Waals surface area contributed by atoms with Gasteiger partial charge in [-0.25, -0.2) is 0 Å². The van der Waals surface area contributed by atoms with E-state index in [4.69, 9.17) is 30.5 Å². The van der Waals surface area contributed by atoms with E-state index in [2.05, 4.69) is 0 Å². The van der Waals surface area contributed by atoms with Gasteiger partial charge in [0.1, 0.15) is 11.9 Å². The Balaban J connectivity index is 0.000000509. The first-order chi connectivity index (χ1) is 15.4. The molecule has 0 aromatic heterocycles. The molecule has 2 saturated heterocycles. The van der Waals surface area contributed by atoms with Crippen molar-refractivity contribution in [1.82, 2.24) is 0 Å². The summed E-state index contributed by atoms with van der Waals surface area (Å²) in [5, 5.41) is 20.3. The molecule has 0 saturated carbocycles. The molecular formula is C25H33ClO6. The number of phenolic OH excluding ortho intramolecular Hbond substituents is 1. The van der Waals surface area contributed by atoms with Crippen LogP contribution in [0.3, 0.4) is 0 Å². The van der Waals surface area contributed by atoms with Crippen LogP contribution < -0.4 is 0 Å². The SMILES string of the molecule is C1CCOC1.COC(c1ccc(O)cc1)c1cc(C2(OC)CC(O)CC(C)O2)ccc1Cl. The summed E-state index contributed by atoms with van der Waals surface area (Å²) in [4.78, 5) is 0. The standard InChI is InChI=1S/C21H25ClO5.C4H8O/c1-13-10-17(24)12-21(26-3,27-13)15-6-9-19(22)18(11-15)20(25-2)14-4-7-16(23)8-5-14;1-2-4-5-3-1/h4-9,11,13,17,20,23-24H,10,12H2,1-3H3;1-4H2. The second-order valence-corrected chi connectivity index (χ2v) is 8.65. The van der Waals surface area contributed by atoms with Gasteiger partial charge >= 0.3 is 0 Å². The molecule has 0 amide bonds. The topological polar surface area (TPSA) is 77.4 Å². The van der Waals surface area contributed by atoms with Crippen molar-refractivity contribution in [2.45, 2.75) is 56.7 Å². The van der Waals surface area contributed by atoms with Gasteiger partial charge < -0.3 is 29.2 Å². The Bertz CT molecular complexity index is 834. The van der Waals surface area contributed by atoms with Crippen molar-refractivity contribution in [1.29, 1.82) is 0 Å². The van der Waals surface area contributed by atoms with E-state index in [0.29, 0.717) is 17.9 Å². The first kappa shape index (κ1) is 25.0. The maximum Gasteiger partial charge on any atom is 0.197 e. The lowest BCUT2D eigenvalue weighted by Crippen LogP contribution is -2.44. The fourth-order valence-corrected chi connectivity index (χ4v) is 4.43. The lowest BCUT2D eigenvalue weighted by atomic mass is 9.90. The van der Waals surface area contributed by atoms with Crippen LogP contribution in [0.2, 0.25) is 5.02 Å². The molecule has 176 valence electrons. The number of aromatic hydroxyl groups is 1. The minimum atomic E-state index is -1.04. The lowest BCUT2D eigenvalue weighted by Gasteiger charge is -2.41. The molecule has 2 heterocycles. The number of ether oxygens (including phenoxy) is 4. The zero-order valence-corrected chi connectivity index (χ0v) is 19.7. The number of halogens is 1. The molecular weight excluding hydrogens is 432 g/mol. The van der Waals surface area contributed by atoms with Crippen molar-refractivity contribution in [2.75, 3.05) is 27.4 Å². The van der Waals surface area contributed by atoms with E-state index in [1.807, 2.05) is 19.1 Å². The summed E-state index contributed by atoms with van der Waals surface area (Å²) in [6, 6.07) is 12.3. The van der Waals surface area contributed by atoms with Crippen molar-refractivity contribution in [3.05, 3.63) is 64.2 Å². The van der Waals surface area contributed by atoms with Gasteiger partial charge in [0.2, 0.25) is 0 Å². The number of aliphatic hydroxyl groups is 1. The fraction of sp³-hybridized carbons (Fsp3) is 0.520. The Morgan fingerprint density at radius 1 is 1.09 bits per heavy atom. The second kappa shape index (κ2) is 11.5. The van der Waals surface area contributed by atoms with Crippen LogP contribution in [0, 0.1) is 0 Å². The molecule has 0 bridgehead atoms. The average molecular weight is 465 g/mol. The maximum absolute atomic E-state index is 10.3. The fourth-order valence-electron chi connectivity index (χ4n) is 4.22. The van der Waals surface area contributed by atoms with Crippen LogP contribution in [0.5, 0.6) is 5.75 Å². The summed E-state index contributed by atoms with van der Waals surface area (Å²) in [6.45, 7) is 3.92. The van der Waals surface area contributed by atoms with Gasteiger partial charge in [-0.05, 0) is 56.0 Å². The van der Waals surface area contributed by atoms with E-state index in [-0.39, 0.29) is 11.9 Å². The minimum absolute atomic E-state index is 0.136.